The minimum Gasteiger partial charge on any atom is -0.369 e. The van der Waals surface area contributed by atoms with Gasteiger partial charge in [-0.3, -0.25) is 0 Å². The van der Waals surface area contributed by atoms with Crippen LogP contribution in [0, 0.1) is 0 Å². The highest BCUT2D eigenvalue weighted by Gasteiger charge is 2.12. The lowest BCUT2D eigenvalue weighted by molar-refractivity contribution is 0.625. The van der Waals surface area contributed by atoms with Crippen molar-refractivity contribution in [1.29, 1.82) is 0 Å². The Hall–Kier alpha value is -1.55. The van der Waals surface area contributed by atoms with E-state index in [1.54, 1.807) is 0 Å². The molecule has 0 saturated heterocycles. The highest BCUT2D eigenvalue weighted by Crippen LogP contribution is 2.25. The zero-order valence-electron chi connectivity index (χ0n) is 9.07. The van der Waals surface area contributed by atoms with Gasteiger partial charge in [-0.25, -0.2) is 4.98 Å². The second-order valence-corrected chi connectivity index (χ2v) is 3.92. The Morgan fingerprint density at radius 3 is 2.73 bits per heavy atom. The molecule has 0 unspecified atom stereocenters. The zero-order valence-corrected chi connectivity index (χ0v) is 9.07. The van der Waals surface area contributed by atoms with E-state index in [9.17, 15) is 0 Å². The van der Waals surface area contributed by atoms with Crippen molar-refractivity contribution in [3.63, 3.8) is 0 Å². The molecule has 1 aromatic carbocycles. The topological polar surface area (TPSA) is 69.9 Å². The molecule has 2 aromatic rings. The first kappa shape index (κ1) is 9.98. The maximum atomic E-state index is 5.89. The van der Waals surface area contributed by atoms with Crippen LogP contribution < -0.4 is 11.5 Å². The van der Waals surface area contributed by atoms with Crippen LogP contribution in [0.5, 0.6) is 0 Å². The summed E-state index contributed by atoms with van der Waals surface area (Å²) >= 11 is 0. The van der Waals surface area contributed by atoms with E-state index in [0.717, 1.165) is 16.6 Å². The van der Waals surface area contributed by atoms with Crippen molar-refractivity contribution in [2.45, 2.75) is 26.4 Å². The Labute approximate surface area is 88.9 Å². The SMILES string of the molecule is CC(C)n1c(N)nc2cccc(CN)c21. The molecule has 1 heterocycles. The molecule has 0 aliphatic rings. The first-order valence-electron chi connectivity index (χ1n) is 5.10. The van der Waals surface area contributed by atoms with Crippen molar-refractivity contribution in [1.82, 2.24) is 9.55 Å². The Bertz CT molecular complexity index is 485. The van der Waals surface area contributed by atoms with Crippen molar-refractivity contribution in [2.75, 3.05) is 5.73 Å². The number of fused-ring (bicyclic) bond motifs is 1. The van der Waals surface area contributed by atoms with E-state index in [2.05, 4.69) is 18.8 Å². The molecule has 15 heavy (non-hydrogen) atoms. The van der Waals surface area contributed by atoms with E-state index in [0.29, 0.717) is 18.5 Å². The first-order chi connectivity index (χ1) is 7.15. The zero-order chi connectivity index (χ0) is 11.0. The number of hydrogen-bond acceptors (Lipinski definition) is 3. The fraction of sp³-hybridized carbons (Fsp3) is 0.364. The van der Waals surface area contributed by atoms with E-state index in [-0.39, 0.29) is 0 Å². The van der Waals surface area contributed by atoms with E-state index in [4.69, 9.17) is 11.5 Å². The highest BCUT2D eigenvalue weighted by atomic mass is 15.2. The molecule has 4 N–H and O–H groups in total. The van der Waals surface area contributed by atoms with Crippen LogP contribution in [0.3, 0.4) is 0 Å². The van der Waals surface area contributed by atoms with E-state index in [1.807, 2.05) is 22.8 Å². The summed E-state index contributed by atoms with van der Waals surface area (Å²) in [4.78, 5) is 4.33. The van der Waals surface area contributed by atoms with Gasteiger partial charge in [0.1, 0.15) is 0 Å². The van der Waals surface area contributed by atoms with Crippen LogP contribution in [-0.2, 0) is 6.54 Å². The third-order valence-electron chi connectivity index (χ3n) is 2.56. The van der Waals surface area contributed by atoms with Gasteiger partial charge in [0.05, 0.1) is 11.0 Å². The molecule has 0 atom stereocenters. The van der Waals surface area contributed by atoms with Crippen LogP contribution in [0.15, 0.2) is 18.2 Å². The summed E-state index contributed by atoms with van der Waals surface area (Å²) < 4.78 is 2.03. The molecule has 4 heteroatoms. The Balaban J connectivity index is 2.82. The number of nitrogen functional groups attached to an aromatic ring is 1. The second kappa shape index (κ2) is 3.55. The third-order valence-corrected chi connectivity index (χ3v) is 2.56. The smallest absolute Gasteiger partial charge is 0.201 e. The molecule has 0 saturated carbocycles. The molecule has 0 aliphatic heterocycles. The van der Waals surface area contributed by atoms with Gasteiger partial charge in [-0.2, -0.15) is 0 Å². The monoisotopic (exact) mass is 204 g/mol. The van der Waals surface area contributed by atoms with E-state index in [1.165, 1.54) is 0 Å². The van der Waals surface area contributed by atoms with Crippen LogP contribution in [0.1, 0.15) is 25.5 Å². The van der Waals surface area contributed by atoms with Crippen LogP contribution >= 0.6 is 0 Å². The van der Waals surface area contributed by atoms with Crippen LogP contribution in [0.25, 0.3) is 11.0 Å². The number of anilines is 1. The van der Waals surface area contributed by atoms with Crippen molar-refractivity contribution >= 4 is 17.0 Å². The normalized spacial score (nSPS) is 11.5. The van der Waals surface area contributed by atoms with Gasteiger partial charge in [0.15, 0.2) is 0 Å². The third kappa shape index (κ3) is 1.47. The van der Waals surface area contributed by atoms with Gasteiger partial charge in [0, 0.05) is 12.6 Å². The minimum absolute atomic E-state index is 0.294. The van der Waals surface area contributed by atoms with Gasteiger partial charge in [-0.15, -0.1) is 0 Å². The number of rotatable bonds is 2. The Kier molecular flexibility index (Phi) is 2.36. The largest absolute Gasteiger partial charge is 0.369 e. The lowest BCUT2D eigenvalue weighted by atomic mass is 10.1. The van der Waals surface area contributed by atoms with Crippen LogP contribution in [-0.4, -0.2) is 9.55 Å². The predicted octanol–water partition coefficient (Wildman–Crippen LogP) is 1.66. The number of imidazole rings is 1. The summed E-state index contributed by atoms with van der Waals surface area (Å²) in [5.74, 6) is 0.556. The fourth-order valence-corrected chi connectivity index (χ4v) is 1.93. The summed E-state index contributed by atoms with van der Waals surface area (Å²) in [7, 11) is 0. The number of hydrogen-bond donors (Lipinski definition) is 2. The van der Waals surface area contributed by atoms with Crippen molar-refractivity contribution in [3.8, 4) is 0 Å². The number of nitrogens with zero attached hydrogens (tertiary/aromatic N) is 2. The molecule has 0 aliphatic carbocycles. The van der Waals surface area contributed by atoms with Crippen molar-refractivity contribution in [2.24, 2.45) is 5.73 Å². The maximum Gasteiger partial charge on any atom is 0.201 e. The standard InChI is InChI=1S/C11H16N4/c1-7(2)15-10-8(6-12)4-3-5-9(10)14-11(15)13/h3-5,7H,6,12H2,1-2H3,(H2,13,14). The summed E-state index contributed by atoms with van der Waals surface area (Å²) in [5.41, 5.74) is 14.7. The van der Waals surface area contributed by atoms with Crippen molar-refractivity contribution in [3.05, 3.63) is 23.8 Å². The minimum atomic E-state index is 0.294. The molecule has 2 rings (SSSR count). The molecular weight excluding hydrogens is 188 g/mol. The molecular formula is C11H16N4. The number of benzene rings is 1. The molecule has 80 valence electrons. The highest BCUT2D eigenvalue weighted by molar-refractivity contribution is 5.82. The molecule has 0 bridgehead atoms. The average molecular weight is 204 g/mol. The summed E-state index contributed by atoms with van der Waals surface area (Å²) in [6.45, 7) is 4.69. The van der Waals surface area contributed by atoms with Gasteiger partial charge in [0.25, 0.3) is 0 Å². The quantitative estimate of drug-likeness (QED) is 0.781. The molecule has 4 nitrogen and oxygen atoms in total. The Morgan fingerprint density at radius 1 is 1.40 bits per heavy atom. The lowest BCUT2D eigenvalue weighted by Crippen LogP contribution is -2.08. The maximum absolute atomic E-state index is 5.89. The van der Waals surface area contributed by atoms with Gasteiger partial charge >= 0.3 is 0 Å². The van der Waals surface area contributed by atoms with Crippen LogP contribution in [0.2, 0.25) is 0 Å². The van der Waals surface area contributed by atoms with Crippen LogP contribution in [0.4, 0.5) is 5.95 Å². The molecule has 0 amide bonds. The predicted molar refractivity (Wildman–Crippen MR) is 62.4 cm³/mol. The Morgan fingerprint density at radius 2 is 2.13 bits per heavy atom. The second-order valence-electron chi connectivity index (χ2n) is 3.92. The van der Waals surface area contributed by atoms with Gasteiger partial charge in [0.2, 0.25) is 5.95 Å². The number of nitrogens with two attached hydrogens (primary N) is 2. The number of para-hydroxylation sites is 1. The van der Waals surface area contributed by atoms with Crippen molar-refractivity contribution < 1.29 is 0 Å². The summed E-state index contributed by atoms with van der Waals surface area (Å²) in [6, 6.07) is 6.23. The fourth-order valence-electron chi connectivity index (χ4n) is 1.93. The molecule has 1 aromatic heterocycles. The molecule has 0 fully saturated rings. The van der Waals surface area contributed by atoms with Gasteiger partial charge in [-0.1, -0.05) is 12.1 Å². The summed E-state index contributed by atoms with van der Waals surface area (Å²) in [5, 5.41) is 0. The van der Waals surface area contributed by atoms with E-state index >= 15 is 0 Å². The average Bonchev–Trinajstić information content (AvgIpc) is 2.53. The number of aromatic nitrogens is 2. The van der Waals surface area contributed by atoms with E-state index < -0.39 is 0 Å². The lowest BCUT2D eigenvalue weighted by Gasteiger charge is -2.12. The first-order valence-corrected chi connectivity index (χ1v) is 5.10. The molecule has 0 radical (unpaired) electrons. The van der Waals surface area contributed by atoms with Gasteiger partial charge < -0.3 is 16.0 Å². The molecule has 0 spiro atoms. The van der Waals surface area contributed by atoms with Gasteiger partial charge in [-0.05, 0) is 25.5 Å². The summed E-state index contributed by atoms with van der Waals surface area (Å²) in [6.07, 6.45) is 0.